The van der Waals surface area contributed by atoms with Crippen LogP contribution in [0.25, 0.3) is 0 Å². The lowest BCUT2D eigenvalue weighted by molar-refractivity contribution is -0.141. The van der Waals surface area contributed by atoms with E-state index in [0.29, 0.717) is 0 Å². The van der Waals surface area contributed by atoms with Crippen LogP contribution in [0.5, 0.6) is 11.5 Å². The Bertz CT molecular complexity index is 567. The van der Waals surface area contributed by atoms with Gasteiger partial charge in [-0.05, 0) is 17.6 Å². The number of aliphatic carboxylic acids is 1. The van der Waals surface area contributed by atoms with Gasteiger partial charge in [-0.25, -0.2) is 0 Å². The summed E-state index contributed by atoms with van der Waals surface area (Å²) in [5.41, 5.74) is -1.61. The maximum Gasteiger partial charge on any atom is 0.323 e. The average molecular weight is 219 g/mol. The number of phenolic OH excluding ortho intramolecular Hbond substituents is 2. The summed E-state index contributed by atoms with van der Waals surface area (Å²) in [7, 11) is 0. The predicted molar refractivity (Wildman–Crippen MR) is 50.3 cm³/mol. The summed E-state index contributed by atoms with van der Waals surface area (Å²) >= 11 is 0. The Hall–Kier alpha value is -1.79. The summed E-state index contributed by atoms with van der Waals surface area (Å²) in [5.74, 6) is -4.40. The molecule has 0 unspecified atom stereocenters. The van der Waals surface area contributed by atoms with E-state index < -0.39 is 59.0 Å². The van der Waals surface area contributed by atoms with E-state index in [9.17, 15) is 20.1 Å². The largest absolute Gasteiger partial charge is 0.504 e. The predicted octanol–water partition coefficient (Wildman–Crippen LogP) is -0.457. The molecule has 6 N–H and O–H groups in total. The first kappa shape index (κ1) is 5.34. The highest BCUT2D eigenvalue weighted by Gasteiger charge is 2.24. The molecule has 0 saturated heterocycles. The Balaban J connectivity index is 3.65. The summed E-state index contributed by atoms with van der Waals surface area (Å²) in [6.45, 7) is 0. The number of aromatic hydroxyl groups is 2. The topological polar surface area (TPSA) is 124 Å². The highest BCUT2D eigenvalue weighted by Crippen LogP contribution is 2.28. The fourth-order valence-electron chi connectivity index (χ4n) is 0.794. The molecule has 0 aliphatic rings. The van der Waals surface area contributed by atoms with Gasteiger partial charge in [0.05, 0.1) is 5.48 Å². The van der Waals surface area contributed by atoms with E-state index in [1.54, 1.807) is 0 Å². The van der Waals surface area contributed by atoms with E-state index in [1.165, 1.54) is 0 Å². The van der Waals surface area contributed by atoms with Crippen LogP contribution in [0, 0.1) is 0 Å². The number of phenols is 2. The molecule has 6 heteroatoms. The van der Waals surface area contributed by atoms with Crippen LogP contribution >= 0.6 is 0 Å². The van der Waals surface area contributed by atoms with Crippen molar-refractivity contribution in [2.24, 2.45) is 5.72 Å². The van der Waals surface area contributed by atoms with E-state index in [0.717, 1.165) is 0 Å². The average Bonchev–Trinajstić information content (AvgIpc) is 2.41. The van der Waals surface area contributed by atoms with E-state index in [4.69, 9.17) is 13.4 Å². The lowest BCUT2D eigenvalue weighted by Gasteiger charge is -2.15. The first-order valence-corrected chi connectivity index (χ1v) is 3.68. The maximum atomic E-state index is 11.0. The number of hydrogen-bond acceptors (Lipinski definition) is 5. The van der Waals surface area contributed by atoms with Gasteiger partial charge in [-0.2, -0.15) is 0 Å². The van der Waals surface area contributed by atoms with Gasteiger partial charge >= 0.3 is 5.97 Å². The number of aliphatic hydroxyl groups is 1. The van der Waals surface area contributed by atoms with E-state index in [-0.39, 0.29) is 0 Å². The zero-order valence-electron chi connectivity index (χ0n) is 13.2. The zero-order chi connectivity index (χ0) is 16.7. The lowest BCUT2D eigenvalue weighted by Crippen LogP contribution is -2.36. The van der Waals surface area contributed by atoms with Crippen LogP contribution in [0.15, 0.2) is 18.1 Å². The number of aliphatic hydroxyl groups excluding tert-OH is 1. The fourth-order valence-corrected chi connectivity index (χ4v) is 0.794. The van der Waals surface area contributed by atoms with Crippen molar-refractivity contribution < 1.29 is 33.5 Å². The van der Waals surface area contributed by atoms with E-state index in [1.807, 2.05) is 0 Å². The SMILES string of the molecule is [2H]c1c([2H])c([C@@H](O)[C@@]([2H])(C(=O)O)N([2H])[2H])c([2H])c(O)c1O. The van der Waals surface area contributed by atoms with Crippen LogP contribution in [0.2, 0.25) is 2.82 Å². The summed E-state index contributed by atoms with van der Waals surface area (Å²) in [6, 6.07) is -6.36. The third-order valence-electron chi connectivity index (χ3n) is 1.54. The van der Waals surface area contributed by atoms with Gasteiger partial charge in [0.2, 0.25) is 0 Å². The molecule has 2 atom stereocenters. The number of nitrogens with two attached hydrogens (primary N) is 1. The van der Waals surface area contributed by atoms with Gasteiger partial charge in [-0.3, -0.25) is 4.79 Å². The van der Waals surface area contributed by atoms with Crippen molar-refractivity contribution >= 4 is 5.97 Å². The van der Waals surface area contributed by atoms with Crippen LogP contribution in [-0.2, 0) is 4.79 Å². The van der Waals surface area contributed by atoms with Crippen molar-refractivity contribution in [3.8, 4) is 11.5 Å². The second kappa shape index (κ2) is 4.16. The molecule has 0 radical (unpaired) electrons. The minimum Gasteiger partial charge on any atom is -0.504 e. The van der Waals surface area contributed by atoms with Crippen molar-refractivity contribution in [2.45, 2.75) is 12.1 Å². The standard InChI is InChI=1S/C9H11NO5/c10-7(9(14)15)8(13)4-1-2-5(11)6(12)3-4/h1-3,7-8,11-13H,10H2,(H,14,15)/t7-,8+/m0/s1/i1D,2D,3D,7D/hD2. The molecule has 1 aromatic carbocycles. The molecule has 82 valence electrons. The number of rotatable bonds is 4. The van der Waals surface area contributed by atoms with Crippen LogP contribution in [0.3, 0.4) is 0 Å². The van der Waals surface area contributed by atoms with E-state index >= 15 is 0 Å². The molecule has 15 heavy (non-hydrogen) atoms. The molecule has 1 aromatic rings. The second-order valence-electron chi connectivity index (χ2n) is 2.58. The zero-order valence-corrected chi connectivity index (χ0v) is 7.22. The number of carboxylic acid groups (broad SMARTS) is 1. The number of carbonyl (C=O) groups is 1. The first-order valence-electron chi connectivity index (χ1n) is 6.58. The van der Waals surface area contributed by atoms with Crippen LogP contribution in [0.1, 0.15) is 17.2 Å². The van der Waals surface area contributed by atoms with Crippen molar-refractivity contribution in [1.29, 1.82) is 0 Å². The van der Waals surface area contributed by atoms with Crippen molar-refractivity contribution in [2.75, 3.05) is 0 Å². The van der Waals surface area contributed by atoms with E-state index in [2.05, 4.69) is 0 Å². The molecule has 0 spiro atoms. The molecule has 0 aromatic heterocycles. The Labute approximate surface area is 93.8 Å². The summed E-state index contributed by atoms with van der Waals surface area (Å²) < 4.78 is 43.6. The third-order valence-corrected chi connectivity index (χ3v) is 1.54. The van der Waals surface area contributed by atoms with Gasteiger partial charge in [0.15, 0.2) is 11.5 Å². The Kier molecular flexibility index (Phi) is 1.48. The van der Waals surface area contributed by atoms with Gasteiger partial charge in [0.1, 0.15) is 14.9 Å². The van der Waals surface area contributed by atoms with Crippen LogP contribution < -0.4 is 5.72 Å². The van der Waals surface area contributed by atoms with Gasteiger partial charge in [0, 0.05) is 0 Å². The monoisotopic (exact) mass is 219 g/mol. The molecule has 0 aliphatic heterocycles. The van der Waals surface area contributed by atoms with Gasteiger partial charge < -0.3 is 26.1 Å². The van der Waals surface area contributed by atoms with Crippen LogP contribution in [0.4, 0.5) is 0 Å². The molecule has 0 bridgehead atoms. The molecule has 1 rings (SSSR count). The molecular formula is C9H11NO5. The normalized spacial score (nSPS) is 22.5. The number of carboxylic acids is 1. The smallest absolute Gasteiger partial charge is 0.323 e. The molecular weight excluding hydrogens is 202 g/mol. The van der Waals surface area contributed by atoms with Gasteiger partial charge in [0.25, 0.3) is 0 Å². The van der Waals surface area contributed by atoms with Crippen molar-refractivity contribution in [3.63, 3.8) is 0 Å². The molecule has 0 amide bonds. The Morgan fingerprint density at radius 3 is 2.73 bits per heavy atom. The van der Waals surface area contributed by atoms with Gasteiger partial charge in [-0.1, -0.05) is 6.04 Å². The highest BCUT2D eigenvalue weighted by molar-refractivity contribution is 5.74. The van der Waals surface area contributed by atoms with Crippen LogP contribution in [-0.4, -0.2) is 32.4 Å². The minimum absolute atomic E-state index is 0.646. The summed E-state index contributed by atoms with van der Waals surface area (Å²) in [6.07, 6.45) is -2.57. The minimum atomic E-state index is -3.30. The van der Waals surface area contributed by atoms with Crippen molar-refractivity contribution in [3.05, 3.63) is 23.7 Å². The maximum absolute atomic E-state index is 11.0. The second-order valence-corrected chi connectivity index (χ2v) is 2.58. The molecule has 6 nitrogen and oxygen atoms in total. The molecule has 0 saturated carbocycles. The third kappa shape index (κ3) is 2.36. The molecule has 0 fully saturated rings. The number of hydrogen-bond donors (Lipinski definition) is 5. The number of benzene rings is 1. The first-order chi connectivity index (χ1) is 9.47. The fraction of sp³-hybridized carbons (Fsp3) is 0.222. The molecule has 0 aliphatic carbocycles. The highest BCUT2D eigenvalue weighted by atomic mass is 16.4. The van der Waals surface area contributed by atoms with Gasteiger partial charge in [-0.15, -0.1) is 0 Å². The lowest BCUT2D eigenvalue weighted by atomic mass is 10.0. The summed E-state index contributed by atoms with van der Waals surface area (Å²) in [5, 5.41) is 37.5. The Morgan fingerprint density at radius 2 is 2.20 bits per heavy atom. The Morgan fingerprint density at radius 1 is 1.53 bits per heavy atom. The van der Waals surface area contributed by atoms with Crippen molar-refractivity contribution in [1.82, 2.24) is 0 Å². The quantitative estimate of drug-likeness (QED) is 0.437. The summed E-state index contributed by atoms with van der Waals surface area (Å²) in [4.78, 5) is 11.0. The molecule has 0 heterocycles.